The number of nitro benzene ring substituents is 1. The summed E-state index contributed by atoms with van der Waals surface area (Å²) in [4.78, 5) is 30.4. The number of carbonyl (C=O) groups is 1. The maximum Gasteiger partial charge on any atom is 0.270 e. The Morgan fingerprint density at radius 2 is 2.07 bits per heavy atom. The standard InChI is InChI=1S/C22H18N4O4/c1-24-18-5-3-14(26(28)29)11-16(18)20-15(4-6-19(30-2)21(20)24)22(27)25-10-8-13-12-23-9-7-17(13)25/h3-7,9,11-12H,8,10H2,1-2H3. The molecule has 4 aromatic rings. The molecule has 0 bridgehead atoms. The highest BCUT2D eigenvalue weighted by Gasteiger charge is 2.29. The average Bonchev–Trinajstić information content (AvgIpc) is 3.32. The quantitative estimate of drug-likeness (QED) is 0.384. The summed E-state index contributed by atoms with van der Waals surface area (Å²) in [7, 11) is 3.43. The van der Waals surface area contributed by atoms with Crippen molar-refractivity contribution < 1.29 is 14.5 Å². The number of hydrogen-bond donors (Lipinski definition) is 0. The number of ether oxygens (including phenoxy) is 1. The van der Waals surface area contributed by atoms with E-state index in [0.29, 0.717) is 28.6 Å². The molecule has 2 aromatic heterocycles. The smallest absolute Gasteiger partial charge is 0.270 e. The number of pyridine rings is 1. The van der Waals surface area contributed by atoms with Gasteiger partial charge in [0.1, 0.15) is 5.75 Å². The number of aryl methyl sites for hydroxylation is 1. The molecule has 30 heavy (non-hydrogen) atoms. The Kier molecular flexibility index (Phi) is 3.95. The zero-order chi connectivity index (χ0) is 21.0. The number of carbonyl (C=O) groups excluding carboxylic acids is 1. The Balaban J connectivity index is 1.79. The Labute approximate surface area is 171 Å². The summed E-state index contributed by atoms with van der Waals surface area (Å²) in [6, 6.07) is 10.1. The van der Waals surface area contributed by atoms with Gasteiger partial charge in [0.2, 0.25) is 0 Å². The van der Waals surface area contributed by atoms with Gasteiger partial charge in [0.05, 0.1) is 28.8 Å². The fourth-order valence-corrected chi connectivity index (χ4v) is 4.36. The van der Waals surface area contributed by atoms with Crippen LogP contribution in [0.1, 0.15) is 15.9 Å². The number of hydrogen-bond acceptors (Lipinski definition) is 5. The van der Waals surface area contributed by atoms with E-state index >= 15 is 0 Å². The van der Waals surface area contributed by atoms with Gasteiger partial charge in [-0.05, 0) is 36.2 Å². The molecule has 0 saturated carbocycles. The normalized spacial score (nSPS) is 13.1. The zero-order valence-electron chi connectivity index (χ0n) is 16.5. The number of fused-ring (bicyclic) bond motifs is 4. The van der Waals surface area contributed by atoms with Crippen LogP contribution < -0.4 is 9.64 Å². The molecule has 8 nitrogen and oxygen atoms in total. The van der Waals surface area contributed by atoms with Crippen LogP contribution in [0.3, 0.4) is 0 Å². The van der Waals surface area contributed by atoms with E-state index in [1.165, 1.54) is 12.1 Å². The van der Waals surface area contributed by atoms with Crippen molar-refractivity contribution in [3.63, 3.8) is 0 Å². The second-order valence-corrected chi connectivity index (χ2v) is 7.27. The number of rotatable bonds is 3. The van der Waals surface area contributed by atoms with Crippen LogP contribution >= 0.6 is 0 Å². The number of nitrogens with zero attached hydrogens (tertiary/aromatic N) is 4. The van der Waals surface area contributed by atoms with Crippen LogP contribution in [0.15, 0.2) is 48.8 Å². The second-order valence-electron chi connectivity index (χ2n) is 7.27. The molecule has 1 aliphatic heterocycles. The molecule has 0 spiro atoms. The van der Waals surface area contributed by atoms with E-state index < -0.39 is 4.92 Å². The van der Waals surface area contributed by atoms with Gasteiger partial charge in [0.25, 0.3) is 11.6 Å². The molecule has 0 N–H and O–H groups in total. The number of amides is 1. The molecule has 5 rings (SSSR count). The van der Waals surface area contributed by atoms with Gasteiger partial charge in [0, 0.05) is 54.4 Å². The number of aromatic nitrogens is 2. The predicted molar refractivity (Wildman–Crippen MR) is 113 cm³/mol. The first-order valence-electron chi connectivity index (χ1n) is 9.49. The van der Waals surface area contributed by atoms with Crippen LogP contribution in [0.2, 0.25) is 0 Å². The summed E-state index contributed by atoms with van der Waals surface area (Å²) in [6.45, 7) is 0.568. The van der Waals surface area contributed by atoms with Crippen LogP contribution in [-0.2, 0) is 13.5 Å². The fraction of sp³-hybridized carbons (Fsp3) is 0.182. The van der Waals surface area contributed by atoms with Gasteiger partial charge >= 0.3 is 0 Å². The minimum absolute atomic E-state index is 0.0196. The molecular formula is C22H18N4O4. The van der Waals surface area contributed by atoms with Gasteiger partial charge in [-0.15, -0.1) is 0 Å². The minimum Gasteiger partial charge on any atom is -0.495 e. The van der Waals surface area contributed by atoms with Crippen LogP contribution in [0, 0.1) is 10.1 Å². The van der Waals surface area contributed by atoms with Gasteiger partial charge in [0.15, 0.2) is 0 Å². The largest absolute Gasteiger partial charge is 0.495 e. The summed E-state index contributed by atoms with van der Waals surface area (Å²) in [5, 5.41) is 12.7. The van der Waals surface area contributed by atoms with Gasteiger partial charge in [-0.1, -0.05) is 0 Å². The Morgan fingerprint density at radius 1 is 1.23 bits per heavy atom. The molecule has 0 radical (unpaired) electrons. The molecule has 0 saturated heterocycles. The first-order chi connectivity index (χ1) is 14.5. The summed E-state index contributed by atoms with van der Waals surface area (Å²) in [6.07, 6.45) is 4.21. The third-order valence-corrected chi connectivity index (χ3v) is 5.77. The Bertz CT molecular complexity index is 1360. The van der Waals surface area contributed by atoms with E-state index in [1.54, 1.807) is 42.6 Å². The monoisotopic (exact) mass is 402 g/mol. The van der Waals surface area contributed by atoms with E-state index in [-0.39, 0.29) is 11.6 Å². The highest BCUT2D eigenvalue weighted by molar-refractivity contribution is 6.23. The molecule has 0 atom stereocenters. The molecule has 0 fully saturated rings. The fourth-order valence-electron chi connectivity index (χ4n) is 4.36. The van der Waals surface area contributed by atoms with E-state index in [1.807, 2.05) is 17.7 Å². The summed E-state index contributed by atoms with van der Waals surface area (Å²) in [5.41, 5.74) is 3.87. The van der Waals surface area contributed by atoms with Crippen LogP contribution in [-0.4, -0.2) is 34.0 Å². The van der Waals surface area contributed by atoms with Crippen LogP contribution in [0.25, 0.3) is 21.8 Å². The maximum atomic E-state index is 13.6. The molecular weight excluding hydrogens is 384 g/mol. The van der Waals surface area contributed by atoms with Crippen LogP contribution in [0.4, 0.5) is 11.4 Å². The first kappa shape index (κ1) is 18.1. The van der Waals surface area contributed by atoms with Crippen molar-refractivity contribution in [3.8, 4) is 5.75 Å². The van der Waals surface area contributed by atoms with Gasteiger partial charge < -0.3 is 14.2 Å². The maximum absolute atomic E-state index is 13.6. The van der Waals surface area contributed by atoms with Crippen molar-refractivity contribution >= 4 is 39.1 Å². The molecule has 150 valence electrons. The lowest BCUT2D eigenvalue weighted by molar-refractivity contribution is -0.384. The molecule has 0 unspecified atom stereocenters. The lowest BCUT2D eigenvalue weighted by atomic mass is 10.0. The Morgan fingerprint density at radius 3 is 2.83 bits per heavy atom. The van der Waals surface area contributed by atoms with Crippen LogP contribution in [0.5, 0.6) is 5.75 Å². The minimum atomic E-state index is -0.427. The van der Waals surface area contributed by atoms with E-state index in [0.717, 1.165) is 28.7 Å². The molecule has 8 heteroatoms. The predicted octanol–water partition coefficient (Wildman–Crippen LogP) is 3.85. The molecule has 0 aliphatic carbocycles. The van der Waals surface area contributed by atoms with Crippen molar-refractivity contribution in [1.82, 2.24) is 9.55 Å². The van der Waals surface area contributed by atoms with E-state index in [4.69, 9.17) is 4.74 Å². The first-order valence-corrected chi connectivity index (χ1v) is 9.49. The second kappa shape index (κ2) is 6.55. The van der Waals surface area contributed by atoms with E-state index in [2.05, 4.69) is 4.98 Å². The lowest BCUT2D eigenvalue weighted by Gasteiger charge is -2.18. The number of methoxy groups -OCH3 is 1. The van der Waals surface area contributed by atoms with Crippen molar-refractivity contribution in [1.29, 1.82) is 0 Å². The highest BCUT2D eigenvalue weighted by Crippen LogP contribution is 2.39. The summed E-state index contributed by atoms with van der Waals surface area (Å²) in [5.74, 6) is 0.459. The van der Waals surface area contributed by atoms with Crippen molar-refractivity contribution in [2.75, 3.05) is 18.6 Å². The third-order valence-electron chi connectivity index (χ3n) is 5.77. The zero-order valence-corrected chi connectivity index (χ0v) is 16.5. The molecule has 1 amide bonds. The number of anilines is 1. The average molecular weight is 402 g/mol. The van der Waals surface area contributed by atoms with Gasteiger partial charge in [-0.2, -0.15) is 0 Å². The third kappa shape index (κ3) is 2.46. The lowest BCUT2D eigenvalue weighted by Crippen LogP contribution is -2.29. The topological polar surface area (TPSA) is 90.5 Å². The number of nitro groups is 1. The highest BCUT2D eigenvalue weighted by atomic mass is 16.6. The summed E-state index contributed by atoms with van der Waals surface area (Å²) >= 11 is 0. The molecule has 2 aromatic carbocycles. The van der Waals surface area contributed by atoms with Crippen molar-refractivity contribution in [3.05, 3.63) is 70.0 Å². The molecule has 3 heterocycles. The Hall–Kier alpha value is -3.94. The number of benzene rings is 2. The van der Waals surface area contributed by atoms with Crippen molar-refractivity contribution in [2.24, 2.45) is 7.05 Å². The van der Waals surface area contributed by atoms with Gasteiger partial charge in [-0.3, -0.25) is 19.9 Å². The van der Waals surface area contributed by atoms with E-state index in [9.17, 15) is 14.9 Å². The van der Waals surface area contributed by atoms with Gasteiger partial charge in [-0.25, -0.2) is 0 Å². The summed E-state index contributed by atoms with van der Waals surface area (Å²) < 4.78 is 7.45. The number of non-ortho nitro benzene ring substituents is 1. The SMILES string of the molecule is COc1ccc(C(=O)N2CCc3cnccc32)c2c3cc([N+](=O)[O-])ccc3n(C)c12. The van der Waals surface area contributed by atoms with Crippen molar-refractivity contribution in [2.45, 2.75) is 6.42 Å². The molecule has 1 aliphatic rings.